The number of benzene rings is 4. The molecule has 1 heterocycles. The zero-order chi connectivity index (χ0) is 31.6. The molecule has 4 aromatic rings. The molecule has 9 heteroatoms. The fourth-order valence-electron chi connectivity index (χ4n) is 5.07. The maximum Gasteiger partial charge on any atom is 0.252 e. The lowest BCUT2D eigenvalue weighted by Crippen LogP contribution is -2.48. The maximum absolute atomic E-state index is 14.3. The fourth-order valence-corrected chi connectivity index (χ4v) is 5.84. The van der Waals surface area contributed by atoms with Crippen LogP contribution in [-0.4, -0.2) is 42.2 Å². The molecule has 6 nitrogen and oxygen atoms in total. The third-order valence-corrected chi connectivity index (χ3v) is 8.52. The van der Waals surface area contributed by atoms with Crippen LogP contribution in [-0.2, 0) is 16.0 Å². The van der Waals surface area contributed by atoms with E-state index >= 15 is 0 Å². The normalized spacial score (nSPS) is 17.6. The molecule has 232 valence electrons. The molecule has 2 N–H and O–H groups in total. The van der Waals surface area contributed by atoms with Crippen LogP contribution in [0.5, 0.6) is 5.75 Å². The molecule has 0 unspecified atom stereocenters. The van der Waals surface area contributed by atoms with E-state index in [2.05, 4.69) is 21.2 Å². The minimum absolute atomic E-state index is 0.0589. The molecule has 0 aliphatic carbocycles. The molecule has 2 atom stereocenters. The summed E-state index contributed by atoms with van der Waals surface area (Å²) in [6, 6.07) is 30.4. The van der Waals surface area contributed by atoms with Gasteiger partial charge in [0.15, 0.2) is 11.6 Å². The number of nitrogens with zero attached hydrogens (tertiary/aromatic N) is 1. The van der Waals surface area contributed by atoms with Crippen LogP contribution < -0.4 is 10.1 Å². The summed E-state index contributed by atoms with van der Waals surface area (Å²) in [6.45, 7) is 0.876. The Kier molecular flexibility index (Phi) is 11.3. The van der Waals surface area contributed by atoms with Gasteiger partial charge in [-0.25, -0.2) is 4.99 Å². The Morgan fingerprint density at radius 1 is 1.02 bits per heavy atom. The molecule has 45 heavy (non-hydrogen) atoms. The Balaban J connectivity index is 1.50. The predicted molar refractivity (Wildman–Crippen MR) is 184 cm³/mol. The molecule has 0 spiro atoms. The van der Waals surface area contributed by atoms with Gasteiger partial charge in [0.25, 0.3) is 5.91 Å². The van der Waals surface area contributed by atoms with Crippen molar-refractivity contribution < 1.29 is 19.4 Å². The Morgan fingerprint density at radius 2 is 1.78 bits per heavy atom. The summed E-state index contributed by atoms with van der Waals surface area (Å²) in [6.07, 6.45) is 4.54. The van der Waals surface area contributed by atoms with Crippen LogP contribution in [0.15, 0.2) is 113 Å². The summed E-state index contributed by atoms with van der Waals surface area (Å²) in [5.41, 5.74) is 2.04. The second-order valence-electron chi connectivity index (χ2n) is 10.6. The molecule has 0 saturated carbocycles. The van der Waals surface area contributed by atoms with Crippen molar-refractivity contribution in [3.63, 3.8) is 0 Å². The zero-order valence-corrected chi connectivity index (χ0v) is 27.6. The van der Waals surface area contributed by atoms with Crippen LogP contribution in [0.3, 0.4) is 0 Å². The van der Waals surface area contributed by atoms with Gasteiger partial charge >= 0.3 is 0 Å². The van der Waals surface area contributed by atoms with Gasteiger partial charge in [-0.2, -0.15) is 0 Å². The first-order chi connectivity index (χ1) is 21.9. The average Bonchev–Trinajstić information content (AvgIpc) is 3.43. The number of amides is 1. The summed E-state index contributed by atoms with van der Waals surface area (Å²) in [4.78, 5) is 19.4. The highest BCUT2D eigenvalue weighted by atomic mass is 79.9. The largest absolute Gasteiger partial charge is 0.494 e. The third kappa shape index (κ3) is 8.35. The first-order valence-corrected chi connectivity index (χ1v) is 16.2. The number of carbonyl (C=O) groups excluding carboxylic acids is 1. The molecule has 0 bridgehead atoms. The summed E-state index contributed by atoms with van der Waals surface area (Å²) in [5, 5.41) is 13.1. The number of ether oxygens (including phenoxy) is 2. The molecule has 0 radical (unpaired) electrons. The van der Waals surface area contributed by atoms with E-state index in [0.29, 0.717) is 58.8 Å². The lowest BCUT2D eigenvalue weighted by atomic mass is 9.84. The van der Waals surface area contributed by atoms with E-state index in [-0.39, 0.29) is 18.9 Å². The summed E-state index contributed by atoms with van der Waals surface area (Å²) in [7, 11) is 0. The van der Waals surface area contributed by atoms with Gasteiger partial charge < -0.3 is 19.9 Å². The molecular weight excluding hydrogens is 675 g/mol. The minimum atomic E-state index is -1.37. The van der Waals surface area contributed by atoms with Crippen molar-refractivity contribution in [3.8, 4) is 5.75 Å². The van der Waals surface area contributed by atoms with Crippen molar-refractivity contribution in [3.05, 3.63) is 140 Å². The Labute approximate surface area is 281 Å². The first kappa shape index (κ1) is 32.8. The smallest absolute Gasteiger partial charge is 0.252 e. The van der Waals surface area contributed by atoms with Gasteiger partial charge in [0, 0.05) is 51.6 Å². The van der Waals surface area contributed by atoms with Gasteiger partial charge in [-0.15, -0.1) is 0 Å². The van der Waals surface area contributed by atoms with Gasteiger partial charge in [0.2, 0.25) is 5.90 Å². The lowest BCUT2D eigenvalue weighted by Gasteiger charge is -2.30. The standard InChI is InChI=1S/C36H33BrCl2N2O4/c37-28-13-9-26(10-14-28)19-21-40-35(43)36(20-4-8-25-6-2-1-3-7-25)33(31-18-15-29(38)24-32(31)39)45-34(41-36)27-11-16-30(17-12-27)44-23-5-22-42/h1-4,6-18,24,33,42H,5,19-23H2,(H,40,43)/b8-4+/t33-,36-/m1/s1. The highest BCUT2D eigenvalue weighted by molar-refractivity contribution is 9.10. The van der Waals surface area contributed by atoms with Crippen LogP contribution in [0.25, 0.3) is 6.08 Å². The molecule has 0 fully saturated rings. The van der Waals surface area contributed by atoms with E-state index in [9.17, 15) is 4.79 Å². The highest BCUT2D eigenvalue weighted by Crippen LogP contribution is 2.45. The van der Waals surface area contributed by atoms with Crippen molar-refractivity contribution in [2.45, 2.75) is 30.9 Å². The fraction of sp³-hybridized carbons (Fsp3) is 0.222. The highest BCUT2D eigenvalue weighted by Gasteiger charge is 2.53. The van der Waals surface area contributed by atoms with Crippen LogP contribution in [0.4, 0.5) is 0 Å². The number of hydrogen-bond acceptors (Lipinski definition) is 5. The quantitative estimate of drug-likeness (QED) is 0.137. The van der Waals surface area contributed by atoms with E-state index in [4.69, 9.17) is 42.8 Å². The monoisotopic (exact) mass is 706 g/mol. The lowest BCUT2D eigenvalue weighted by molar-refractivity contribution is -0.128. The molecule has 4 aromatic carbocycles. The second kappa shape index (κ2) is 15.6. The Morgan fingerprint density at radius 3 is 2.49 bits per heavy atom. The van der Waals surface area contributed by atoms with E-state index in [0.717, 1.165) is 15.6 Å². The van der Waals surface area contributed by atoms with Gasteiger partial charge in [0.1, 0.15) is 5.75 Å². The second-order valence-corrected chi connectivity index (χ2v) is 12.4. The molecule has 1 aliphatic heterocycles. The van der Waals surface area contributed by atoms with Crippen LogP contribution in [0, 0.1) is 0 Å². The third-order valence-electron chi connectivity index (χ3n) is 7.43. The van der Waals surface area contributed by atoms with E-state index in [1.54, 1.807) is 18.2 Å². The van der Waals surface area contributed by atoms with Crippen LogP contribution >= 0.6 is 39.1 Å². The van der Waals surface area contributed by atoms with Crippen LogP contribution in [0.1, 0.15) is 41.2 Å². The Hall–Kier alpha value is -3.62. The number of hydrogen-bond donors (Lipinski definition) is 2. The molecular formula is C36H33BrCl2N2O4. The van der Waals surface area contributed by atoms with Crippen molar-refractivity contribution in [2.75, 3.05) is 19.8 Å². The predicted octanol–water partition coefficient (Wildman–Crippen LogP) is 8.24. The van der Waals surface area contributed by atoms with E-state index in [1.165, 1.54) is 0 Å². The van der Waals surface area contributed by atoms with Crippen molar-refractivity contribution in [1.82, 2.24) is 5.32 Å². The summed E-state index contributed by atoms with van der Waals surface area (Å²) >= 11 is 16.5. The van der Waals surface area contributed by atoms with Gasteiger partial charge in [0.05, 0.1) is 6.61 Å². The number of aliphatic hydroxyl groups excluding tert-OH is 1. The number of aliphatic imine (C=N–C) groups is 1. The van der Waals surface area contributed by atoms with E-state index in [1.807, 2.05) is 91.0 Å². The molecule has 0 aromatic heterocycles. The number of rotatable bonds is 13. The minimum Gasteiger partial charge on any atom is -0.494 e. The molecule has 5 rings (SSSR count). The Bertz CT molecular complexity index is 1650. The zero-order valence-electron chi connectivity index (χ0n) is 24.5. The van der Waals surface area contributed by atoms with Crippen molar-refractivity contribution in [1.29, 1.82) is 0 Å². The molecule has 0 saturated heterocycles. The van der Waals surface area contributed by atoms with Gasteiger partial charge in [-0.3, -0.25) is 4.79 Å². The number of carbonyl (C=O) groups is 1. The van der Waals surface area contributed by atoms with Gasteiger partial charge in [-0.1, -0.05) is 99.8 Å². The molecule has 1 aliphatic rings. The number of nitrogens with one attached hydrogen (secondary N) is 1. The SMILES string of the molecule is O=C(NCCc1ccc(Br)cc1)[C@]1(C/C=C/c2ccccc2)N=C(c2ccc(OCCCO)cc2)O[C@@H]1c1ccc(Cl)cc1Cl. The number of halogens is 3. The van der Waals surface area contributed by atoms with Gasteiger partial charge in [-0.05, 0) is 66.1 Å². The number of aliphatic hydroxyl groups is 1. The topological polar surface area (TPSA) is 80.2 Å². The first-order valence-electron chi connectivity index (χ1n) is 14.7. The van der Waals surface area contributed by atoms with E-state index < -0.39 is 11.6 Å². The maximum atomic E-state index is 14.3. The summed E-state index contributed by atoms with van der Waals surface area (Å²) < 4.78 is 13.3. The van der Waals surface area contributed by atoms with Crippen molar-refractivity contribution >= 4 is 57.0 Å². The molecule has 1 amide bonds. The van der Waals surface area contributed by atoms with Crippen molar-refractivity contribution in [2.24, 2.45) is 4.99 Å². The van der Waals surface area contributed by atoms with Crippen LogP contribution in [0.2, 0.25) is 10.0 Å². The average molecular weight is 708 g/mol. The summed E-state index contributed by atoms with van der Waals surface area (Å²) in [5.74, 6) is 0.710.